The highest BCUT2D eigenvalue weighted by atomic mass is 35.5. The average molecular weight is 403 g/mol. The second-order valence-electron chi connectivity index (χ2n) is 5.93. The van der Waals surface area contributed by atoms with Crippen LogP contribution in [0.4, 0.5) is 18.9 Å². The fourth-order valence-electron chi connectivity index (χ4n) is 2.87. The lowest BCUT2D eigenvalue weighted by molar-refractivity contribution is -0.137. The first-order valence-corrected chi connectivity index (χ1v) is 8.68. The number of carbonyl (C=O) groups is 1. The Labute approximate surface area is 158 Å². The van der Waals surface area contributed by atoms with Gasteiger partial charge in [-0.25, -0.2) is 0 Å². The number of hydrogen-bond acceptors (Lipinski definition) is 2. The van der Waals surface area contributed by atoms with Crippen molar-refractivity contribution in [3.05, 3.63) is 63.6 Å². The minimum atomic E-state index is -4.41. The van der Waals surface area contributed by atoms with Crippen LogP contribution in [0.25, 0.3) is 0 Å². The predicted molar refractivity (Wildman–Crippen MR) is 96.0 cm³/mol. The Morgan fingerprint density at radius 1 is 0.923 bits per heavy atom. The molecule has 1 heterocycles. The molecule has 1 aliphatic heterocycles. The van der Waals surface area contributed by atoms with Crippen LogP contribution in [0.3, 0.4) is 0 Å². The standard InChI is InChI=1S/C18H15Cl2F3N2O/c19-14-2-1-3-15(16(14)20)24-8-10-25(11-9-24)17(26)12-4-6-13(7-5-12)18(21,22)23/h1-7H,8-11H2. The van der Waals surface area contributed by atoms with Crippen LogP contribution >= 0.6 is 23.2 Å². The van der Waals surface area contributed by atoms with Crippen molar-refractivity contribution < 1.29 is 18.0 Å². The van der Waals surface area contributed by atoms with E-state index in [9.17, 15) is 18.0 Å². The smallest absolute Gasteiger partial charge is 0.367 e. The van der Waals surface area contributed by atoms with E-state index in [-0.39, 0.29) is 11.5 Å². The van der Waals surface area contributed by atoms with Gasteiger partial charge >= 0.3 is 6.18 Å². The third-order valence-electron chi connectivity index (χ3n) is 4.30. The number of amides is 1. The quantitative estimate of drug-likeness (QED) is 0.707. The van der Waals surface area contributed by atoms with Crippen LogP contribution in [0.2, 0.25) is 10.0 Å². The highest BCUT2D eigenvalue weighted by Gasteiger charge is 2.31. The molecule has 138 valence electrons. The summed E-state index contributed by atoms with van der Waals surface area (Å²) in [7, 11) is 0. The van der Waals surface area contributed by atoms with E-state index in [0.717, 1.165) is 17.8 Å². The van der Waals surface area contributed by atoms with Gasteiger partial charge in [0.25, 0.3) is 5.91 Å². The van der Waals surface area contributed by atoms with E-state index in [1.807, 2.05) is 17.0 Å². The van der Waals surface area contributed by atoms with Crippen molar-refractivity contribution in [3.8, 4) is 0 Å². The van der Waals surface area contributed by atoms with Crippen LogP contribution in [0.5, 0.6) is 0 Å². The van der Waals surface area contributed by atoms with Crippen molar-refractivity contribution in [2.24, 2.45) is 0 Å². The van der Waals surface area contributed by atoms with Gasteiger partial charge in [0, 0.05) is 31.7 Å². The molecule has 0 aromatic heterocycles. The SMILES string of the molecule is O=C(c1ccc(C(F)(F)F)cc1)N1CCN(c2cccc(Cl)c2Cl)CC1. The monoisotopic (exact) mass is 402 g/mol. The summed E-state index contributed by atoms with van der Waals surface area (Å²) < 4.78 is 37.9. The lowest BCUT2D eigenvalue weighted by Gasteiger charge is -2.36. The first kappa shape index (κ1) is 18.9. The van der Waals surface area contributed by atoms with Gasteiger partial charge in [0.15, 0.2) is 0 Å². The van der Waals surface area contributed by atoms with E-state index in [1.165, 1.54) is 12.1 Å². The molecule has 0 aliphatic carbocycles. The molecule has 0 unspecified atom stereocenters. The molecule has 8 heteroatoms. The summed E-state index contributed by atoms with van der Waals surface area (Å²) in [5.74, 6) is -0.282. The summed E-state index contributed by atoms with van der Waals surface area (Å²) in [6.45, 7) is 2.02. The van der Waals surface area contributed by atoms with Crippen LogP contribution in [0.15, 0.2) is 42.5 Å². The van der Waals surface area contributed by atoms with Gasteiger partial charge in [-0.05, 0) is 36.4 Å². The van der Waals surface area contributed by atoms with Crippen molar-refractivity contribution in [1.82, 2.24) is 4.90 Å². The van der Waals surface area contributed by atoms with E-state index in [0.29, 0.717) is 36.2 Å². The summed E-state index contributed by atoms with van der Waals surface area (Å²) in [6, 6.07) is 9.66. The first-order valence-electron chi connectivity index (χ1n) is 7.93. The van der Waals surface area contributed by atoms with E-state index < -0.39 is 11.7 Å². The Balaban J connectivity index is 1.66. The fourth-order valence-corrected chi connectivity index (χ4v) is 3.29. The molecule has 1 fully saturated rings. The molecule has 1 saturated heterocycles. The minimum Gasteiger partial charge on any atom is -0.367 e. The maximum atomic E-state index is 12.6. The van der Waals surface area contributed by atoms with E-state index in [1.54, 1.807) is 11.0 Å². The minimum absolute atomic E-state index is 0.243. The molecule has 26 heavy (non-hydrogen) atoms. The lowest BCUT2D eigenvalue weighted by atomic mass is 10.1. The molecule has 0 bridgehead atoms. The summed E-state index contributed by atoms with van der Waals surface area (Å²) >= 11 is 12.3. The average Bonchev–Trinajstić information content (AvgIpc) is 2.63. The lowest BCUT2D eigenvalue weighted by Crippen LogP contribution is -2.48. The highest BCUT2D eigenvalue weighted by Crippen LogP contribution is 2.33. The van der Waals surface area contributed by atoms with Gasteiger partial charge in [0.1, 0.15) is 0 Å². The van der Waals surface area contributed by atoms with Crippen molar-refractivity contribution in [1.29, 1.82) is 0 Å². The normalized spacial score (nSPS) is 15.3. The van der Waals surface area contributed by atoms with Crippen LogP contribution < -0.4 is 4.90 Å². The molecule has 0 radical (unpaired) electrons. The van der Waals surface area contributed by atoms with Gasteiger partial charge in [-0.2, -0.15) is 13.2 Å². The maximum Gasteiger partial charge on any atom is 0.416 e. The number of piperazine rings is 1. The zero-order valence-corrected chi connectivity index (χ0v) is 15.1. The number of rotatable bonds is 2. The molecule has 1 aliphatic rings. The number of benzene rings is 2. The Hall–Kier alpha value is -1.92. The van der Waals surface area contributed by atoms with E-state index in [4.69, 9.17) is 23.2 Å². The van der Waals surface area contributed by atoms with E-state index >= 15 is 0 Å². The van der Waals surface area contributed by atoms with Crippen LogP contribution in [0.1, 0.15) is 15.9 Å². The third-order valence-corrected chi connectivity index (χ3v) is 5.11. The molecule has 0 spiro atoms. The van der Waals surface area contributed by atoms with Gasteiger partial charge in [-0.3, -0.25) is 4.79 Å². The van der Waals surface area contributed by atoms with Crippen molar-refractivity contribution in [3.63, 3.8) is 0 Å². The Morgan fingerprint density at radius 2 is 1.54 bits per heavy atom. The predicted octanol–water partition coefficient (Wildman–Crippen LogP) is 4.97. The molecule has 3 nitrogen and oxygen atoms in total. The third kappa shape index (κ3) is 3.91. The Bertz CT molecular complexity index is 801. The summed E-state index contributed by atoms with van der Waals surface area (Å²) in [6.07, 6.45) is -4.41. The molecule has 2 aromatic carbocycles. The molecule has 2 aromatic rings. The Kier molecular flexibility index (Phi) is 5.34. The van der Waals surface area contributed by atoms with Crippen LogP contribution in [-0.4, -0.2) is 37.0 Å². The van der Waals surface area contributed by atoms with Gasteiger partial charge in [0.2, 0.25) is 0 Å². The molecular weight excluding hydrogens is 388 g/mol. The van der Waals surface area contributed by atoms with Crippen molar-refractivity contribution in [2.75, 3.05) is 31.1 Å². The number of alkyl halides is 3. The number of anilines is 1. The van der Waals surface area contributed by atoms with E-state index in [2.05, 4.69) is 0 Å². The molecule has 1 amide bonds. The van der Waals surface area contributed by atoms with Crippen molar-refractivity contribution >= 4 is 34.8 Å². The number of halogens is 5. The summed E-state index contributed by atoms with van der Waals surface area (Å²) in [4.78, 5) is 16.2. The second kappa shape index (κ2) is 7.37. The van der Waals surface area contributed by atoms with Gasteiger partial charge in [-0.15, -0.1) is 0 Å². The first-order chi connectivity index (χ1) is 12.3. The largest absolute Gasteiger partial charge is 0.416 e. The molecule has 0 N–H and O–H groups in total. The number of hydrogen-bond donors (Lipinski definition) is 0. The second-order valence-corrected chi connectivity index (χ2v) is 6.71. The van der Waals surface area contributed by atoms with Gasteiger partial charge in [0.05, 0.1) is 21.3 Å². The number of nitrogens with zero attached hydrogens (tertiary/aromatic N) is 2. The summed E-state index contributed by atoms with van der Waals surface area (Å²) in [5.41, 5.74) is 0.280. The molecule has 3 rings (SSSR count). The summed E-state index contributed by atoms with van der Waals surface area (Å²) in [5, 5.41) is 0.934. The topological polar surface area (TPSA) is 23.6 Å². The molecular formula is C18H15Cl2F3N2O. The van der Waals surface area contributed by atoms with Gasteiger partial charge < -0.3 is 9.80 Å². The fraction of sp³-hybridized carbons (Fsp3) is 0.278. The zero-order valence-electron chi connectivity index (χ0n) is 13.6. The maximum absolute atomic E-state index is 12.6. The number of carbonyl (C=O) groups excluding carboxylic acids is 1. The molecule has 0 saturated carbocycles. The Morgan fingerprint density at radius 3 is 2.12 bits per heavy atom. The zero-order chi connectivity index (χ0) is 18.9. The molecule has 0 atom stereocenters. The van der Waals surface area contributed by atoms with Gasteiger partial charge in [-0.1, -0.05) is 29.3 Å². The van der Waals surface area contributed by atoms with Crippen LogP contribution in [0, 0.1) is 0 Å². The highest BCUT2D eigenvalue weighted by molar-refractivity contribution is 6.43. The van der Waals surface area contributed by atoms with Crippen molar-refractivity contribution in [2.45, 2.75) is 6.18 Å². The van der Waals surface area contributed by atoms with Crippen LogP contribution in [-0.2, 0) is 6.18 Å².